The van der Waals surface area contributed by atoms with Gasteiger partial charge in [0.05, 0.1) is 10.6 Å². The Morgan fingerprint density at radius 3 is 2.68 bits per heavy atom. The minimum Gasteiger partial charge on any atom is -0.486 e. The fraction of sp³-hybridized carbons (Fsp3) is 0.278. The van der Waals surface area contributed by atoms with Gasteiger partial charge in [0.1, 0.15) is 18.6 Å². The van der Waals surface area contributed by atoms with Gasteiger partial charge in [-0.25, -0.2) is 0 Å². The van der Waals surface area contributed by atoms with E-state index in [1.165, 1.54) is 0 Å². The Morgan fingerprint density at radius 2 is 1.88 bits per heavy atom. The Bertz CT molecular complexity index is 830. The predicted octanol–water partition coefficient (Wildman–Crippen LogP) is 4.65. The normalized spacial score (nSPS) is 19.1. The number of hydrogen-bond donors (Lipinski definition) is 0. The van der Waals surface area contributed by atoms with Crippen molar-refractivity contribution in [3.63, 3.8) is 0 Å². The molecule has 2 aliphatic heterocycles. The molecule has 1 saturated heterocycles. The van der Waals surface area contributed by atoms with Crippen LogP contribution < -0.4 is 9.47 Å². The van der Waals surface area contributed by atoms with Gasteiger partial charge in [-0.2, -0.15) is 0 Å². The fourth-order valence-electron chi connectivity index (χ4n) is 2.99. The zero-order chi connectivity index (χ0) is 17.4. The Kier molecular flexibility index (Phi) is 4.71. The molecule has 4 rings (SSSR count). The first-order valence-corrected chi connectivity index (χ1v) is 9.71. The maximum Gasteiger partial charge on any atom is 0.256 e. The number of hydrogen-bond acceptors (Lipinski definition) is 4. The molecule has 2 aromatic rings. The number of ether oxygens (including phenoxy) is 2. The summed E-state index contributed by atoms with van der Waals surface area (Å²) in [6.07, 6.45) is 0. The minimum atomic E-state index is -0.0912. The van der Waals surface area contributed by atoms with E-state index in [9.17, 15) is 4.79 Å². The third-order valence-electron chi connectivity index (χ3n) is 4.16. The van der Waals surface area contributed by atoms with E-state index in [2.05, 4.69) is 0 Å². The van der Waals surface area contributed by atoms with Gasteiger partial charge < -0.3 is 14.4 Å². The molecule has 7 heteroatoms. The highest BCUT2D eigenvalue weighted by atomic mass is 35.5. The summed E-state index contributed by atoms with van der Waals surface area (Å²) in [4.78, 5) is 14.8. The zero-order valence-corrected chi connectivity index (χ0v) is 15.5. The molecule has 4 nitrogen and oxygen atoms in total. The second kappa shape index (κ2) is 6.98. The molecule has 1 fully saturated rings. The number of fused-ring (bicyclic) bond motifs is 1. The quantitative estimate of drug-likeness (QED) is 0.741. The lowest BCUT2D eigenvalue weighted by Gasteiger charge is -2.26. The number of rotatable bonds is 2. The van der Waals surface area contributed by atoms with E-state index in [1.54, 1.807) is 30.0 Å². The van der Waals surface area contributed by atoms with Crippen LogP contribution in [0.5, 0.6) is 11.5 Å². The highest BCUT2D eigenvalue weighted by molar-refractivity contribution is 7.99. The van der Waals surface area contributed by atoms with Crippen LogP contribution in [0.4, 0.5) is 0 Å². The molecule has 25 heavy (non-hydrogen) atoms. The monoisotopic (exact) mass is 395 g/mol. The van der Waals surface area contributed by atoms with Crippen molar-refractivity contribution in [2.75, 3.05) is 25.5 Å². The average molecular weight is 396 g/mol. The maximum absolute atomic E-state index is 13.0. The van der Waals surface area contributed by atoms with Gasteiger partial charge in [0.25, 0.3) is 5.91 Å². The van der Waals surface area contributed by atoms with Crippen LogP contribution in [0.15, 0.2) is 36.4 Å². The molecule has 0 bridgehead atoms. The summed E-state index contributed by atoms with van der Waals surface area (Å²) < 4.78 is 11.2. The maximum atomic E-state index is 13.0. The average Bonchev–Trinajstić information content (AvgIpc) is 3.10. The van der Waals surface area contributed by atoms with E-state index in [0.717, 1.165) is 22.8 Å². The van der Waals surface area contributed by atoms with Crippen LogP contribution in [-0.4, -0.2) is 36.3 Å². The molecule has 1 atom stereocenters. The van der Waals surface area contributed by atoms with Crippen molar-refractivity contribution < 1.29 is 14.3 Å². The molecule has 1 unspecified atom stereocenters. The van der Waals surface area contributed by atoms with Crippen molar-refractivity contribution in [3.8, 4) is 11.5 Å². The Hall–Kier alpha value is -1.56. The van der Waals surface area contributed by atoms with Gasteiger partial charge in [-0.1, -0.05) is 29.3 Å². The van der Waals surface area contributed by atoms with Crippen molar-refractivity contribution in [3.05, 3.63) is 57.6 Å². The van der Waals surface area contributed by atoms with Crippen LogP contribution in [0, 0.1) is 0 Å². The number of benzene rings is 2. The molecule has 0 aliphatic carbocycles. The number of amides is 1. The second-order valence-corrected chi connectivity index (χ2v) is 7.78. The summed E-state index contributed by atoms with van der Waals surface area (Å²) in [5.74, 6) is 2.26. The molecule has 130 valence electrons. The SMILES string of the molecule is O=C(c1ccc(Cl)cc1Cl)N1CCSC1c1ccc2c(c1)OCCO2. The molecule has 2 aromatic carbocycles. The van der Waals surface area contributed by atoms with Gasteiger partial charge in [0.15, 0.2) is 11.5 Å². The number of thioether (sulfide) groups is 1. The van der Waals surface area contributed by atoms with Gasteiger partial charge in [0, 0.05) is 17.3 Å². The van der Waals surface area contributed by atoms with E-state index in [4.69, 9.17) is 32.7 Å². The van der Waals surface area contributed by atoms with Gasteiger partial charge in [-0.3, -0.25) is 4.79 Å². The minimum absolute atomic E-state index is 0.0740. The van der Waals surface area contributed by atoms with Crippen LogP contribution in [-0.2, 0) is 0 Å². The summed E-state index contributed by atoms with van der Waals surface area (Å²) in [6, 6.07) is 10.8. The first-order chi connectivity index (χ1) is 12.1. The Morgan fingerprint density at radius 1 is 1.08 bits per heavy atom. The summed E-state index contributed by atoms with van der Waals surface area (Å²) in [6.45, 7) is 1.77. The molecule has 1 amide bonds. The van der Waals surface area contributed by atoms with Crippen LogP contribution in [0.3, 0.4) is 0 Å². The number of halogens is 2. The van der Waals surface area contributed by atoms with Crippen molar-refractivity contribution >= 4 is 40.9 Å². The van der Waals surface area contributed by atoms with Crippen LogP contribution >= 0.6 is 35.0 Å². The Labute approximate surface area is 160 Å². The number of carbonyl (C=O) groups excluding carboxylic acids is 1. The smallest absolute Gasteiger partial charge is 0.256 e. The Balaban J connectivity index is 1.63. The molecule has 0 aromatic heterocycles. The van der Waals surface area contributed by atoms with Crippen LogP contribution in [0.1, 0.15) is 21.3 Å². The van der Waals surface area contributed by atoms with Crippen molar-refractivity contribution in [1.82, 2.24) is 4.90 Å². The number of carbonyl (C=O) groups is 1. The first-order valence-electron chi connectivity index (χ1n) is 7.90. The molecular formula is C18H15Cl2NO3S. The summed E-state index contributed by atoms with van der Waals surface area (Å²) in [5.41, 5.74) is 1.49. The highest BCUT2D eigenvalue weighted by Gasteiger charge is 2.33. The van der Waals surface area contributed by atoms with Crippen molar-refractivity contribution in [1.29, 1.82) is 0 Å². The van der Waals surface area contributed by atoms with Gasteiger partial charge in [-0.05, 0) is 35.9 Å². The van der Waals surface area contributed by atoms with E-state index in [1.807, 2.05) is 23.1 Å². The highest BCUT2D eigenvalue weighted by Crippen LogP contribution is 2.42. The topological polar surface area (TPSA) is 38.8 Å². The van der Waals surface area contributed by atoms with E-state index >= 15 is 0 Å². The standard InChI is InChI=1S/C18H15Cl2NO3S/c19-12-2-3-13(14(20)10-12)17(22)21-5-8-25-18(21)11-1-4-15-16(9-11)24-7-6-23-15/h1-4,9-10,18H,5-8H2. The van der Waals surface area contributed by atoms with E-state index < -0.39 is 0 Å². The molecule has 0 spiro atoms. The number of nitrogens with zero attached hydrogens (tertiary/aromatic N) is 1. The molecule has 2 aliphatic rings. The molecule has 0 N–H and O–H groups in total. The largest absolute Gasteiger partial charge is 0.486 e. The van der Waals surface area contributed by atoms with Crippen LogP contribution in [0.25, 0.3) is 0 Å². The molecule has 0 saturated carbocycles. The van der Waals surface area contributed by atoms with Gasteiger partial charge in [0.2, 0.25) is 0 Å². The van der Waals surface area contributed by atoms with E-state index in [0.29, 0.717) is 35.4 Å². The van der Waals surface area contributed by atoms with Crippen LogP contribution in [0.2, 0.25) is 10.0 Å². The zero-order valence-electron chi connectivity index (χ0n) is 13.2. The first kappa shape index (κ1) is 16.9. The summed E-state index contributed by atoms with van der Waals surface area (Å²) in [7, 11) is 0. The van der Waals surface area contributed by atoms with E-state index in [-0.39, 0.29) is 11.3 Å². The molecular weight excluding hydrogens is 381 g/mol. The lowest BCUT2D eigenvalue weighted by Crippen LogP contribution is -2.30. The lowest BCUT2D eigenvalue weighted by atomic mass is 10.1. The van der Waals surface area contributed by atoms with Crippen molar-refractivity contribution in [2.24, 2.45) is 0 Å². The fourth-order valence-corrected chi connectivity index (χ4v) is 4.72. The summed E-state index contributed by atoms with van der Waals surface area (Å²) in [5, 5.41) is 0.811. The predicted molar refractivity (Wildman–Crippen MR) is 100 cm³/mol. The molecule has 2 heterocycles. The summed E-state index contributed by atoms with van der Waals surface area (Å²) >= 11 is 13.9. The third-order valence-corrected chi connectivity index (χ3v) is 5.97. The van der Waals surface area contributed by atoms with Gasteiger partial charge >= 0.3 is 0 Å². The third kappa shape index (κ3) is 3.28. The van der Waals surface area contributed by atoms with Gasteiger partial charge in [-0.15, -0.1) is 11.8 Å². The van der Waals surface area contributed by atoms with Crippen molar-refractivity contribution in [2.45, 2.75) is 5.37 Å². The second-order valence-electron chi connectivity index (χ2n) is 5.75. The lowest BCUT2D eigenvalue weighted by molar-refractivity contribution is 0.0760. The molecule has 0 radical (unpaired) electrons.